The van der Waals surface area contributed by atoms with Gasteiger partial charge >= 0.3 is 0 Å². The highest BCUT2D eigenvalue weighted by Gasteiger charge is 2.29. The van der Waals surface area contributed by atoms with Gasteiger partial charge in [-0.25, -0.2) is 9.98 Å². The van der Waals surface area contributed by atoms with Gasteiger partial charge in [0.1, 0.15) is 29.3 Å². The van der Waals surface area contributed by atoms with Gasteiger partial charge in [0, 0.05) is 12.1 Å². The normalized spacial score (nSPS) is 14.9. The van der Waals surface area contributed by atoms with E-state index < -0.39 is 6.04 Å². The van der Waals surface area contributed by atoms with E-state index in [1.807, 2.05) is 24.4 Å². The minimum atomic E-state index is -0.523. The van der Waals surface area contributed by atoms with Crippen molar-refractivity contribution < 1.29 is 0 Å². The lowest BCUT2D eigenvalue weighted by molar-refractivity contribution is 0.296. The minimum absolute atomic E-state index is 0.0304. The van der Waals surface area contributed by atoms with Gasteiger partial charge in [0.05, 0.1) is 5.69 Å². The van der Waals surface area contributed by atoms with Gasteiger partial charge in [0.15, 0.2) is 6.19 Å². The lowest BCUT2D eigenvalue weighted by atomic mass is 9.94. The predicted molar refractivity (Wildman–Crippen MR) is 112 cm³/mol. The van der Waals surface area contributed by atoms with Crippen LogP contribution in [0.3, 0.4) is 0 Å². The van der Waals surface area contributed by atoms with Crippen LogP contribution in [-0.4, -0.2) is 28.9 Å². The average molecular weight is 389 g/mol. The topological polar surface area (TPSA) is 152 Å². The summed E-state index contributed by atoms with van der Waals surface area (Å²) in [7, 11) is 0. The Labute approximate surface area is 169 Å². The maximum absolute atomic E-state index is 9.39. The molecule has 3 rings (SSSR count). The lowest BCUT2D eigenvalue weighted by Crippen LogP contribution is -2.32. The number of nitrogen functional groups attached to an aromatic ring is 2. The van der Waals surface area contributed by atoms with Crippen molar-refractivity contribution in [1.82, 2.24) is 15.2 Å². The molecule has 1 aliphatic heterocycles. The molecule has 0 fully saturated rings. The molecule has 0 saturated heterocycles. The average Bonchev–Trinajstić information content (AvgIpc) is 2.72. The fourth-order valence-electron chi connectivity index (χ4n) is 3.33. The van der Waals surface area contributed by atoms with Crippen molar-refractivity contribution in [2.75, 3.05) is 29.9 Å². The third kappa shape index (κ3) is 3.91. The van der Waals surface area contributed by atoms with Gasteiger partial charge in [-0.1, -0.05) is 38.1 Å². The first-order valence-electron chi connectivity index (χ1n) is 9.32. The summed E-state index contributed by atoms with van der Waals surface area (Å²) in [6.45, 7) is 7.09. The van der Waals surface area contributed by atoms with Crippen LogP contribution >= 0.6 is 0 Å². The Kier molecular flexibility index (Phi) is 5.82. The Bertz CT molecular complexity index is 1010. The van der Waals surface area contributed by atoms with Gasteiger partial charge in [-0.2, -0.15) is 10.5 Å². The first kappa shape index (κ1) is 19.9. The number of hydrogen-bond acceptors (Lipinski definition) is 9. The molecule has 29 heavy (non-hydrogen) atoms. The first-order valence-corrected chi connectivity index (χ1v) is 9.32. The van der Waals surface area contributed by atoms with Gasteiger partial charge in [-0.05, 0) is 24.2 Å². The van der Waals surface area contributed by atoms with E-state index in [-0.39, 0.29) is 23.0 Å². The summed E-state index contributed by atoms with van der Waals surface area (Å²) in [5.74, 6) is 0.653. The van der Waals surface area contributed by atoms with Crippen LogP contribution in [0.25, 0.3) is 0 Å². The molecule has 1 atom stereocenters. The standard InChI is InChI=1S/C20H23N9/c1-3-29(4-2)10-12-5-7-13(8-6-12)17-15-16(23)14(9-21)18(24)27-19(15)28-20(26-17)25-11-22/h5-8,17H,3-4,10H2,1-2H3,(H6,23,24,25,26,27,28). The third-order valence-electron chi connectivity index (χ3n) is 4.95. The summed E-state index contributed by atoms with van der Waals surface area (Å²) in [6.07, 6.45) is 1.84. The van der Waals surface area contributed by atoms with E-state index in [1.165, 1.54) is 5.56 Å². The van der Waals surface area contributed by atoms with E-state index in [0.29, 0.717) is 11.4 Å². The quantitative estimate of drug-likeness (QED) is 0.447. The monoisotopic (exact) mass is 389 g/mol. The van der Waals surface area contributed by atoms with Gasteiger partial charge in [-0.3, -0.25) is 10.2 Å². The number of nitrogens with two attached hydrogens (primary N) is 2. The number of rotatable bonds is 5. The highest BCUT2D eigenvalue weighted by molar-refractivity contribution is 5.98. The third-order valence-corrected chi connectivity index (χ3v) is 4.95. The molecular formula is C20H23N9. The van der Waals surface area contributed by atoms with E-state index in [4.69, 9.17) is 16.7 Å². The Morgan fingerprint density at radius 2 is 1.86 bits per heavy atom. The SMILES string of the molecule is CCN(CC)Cc1ccc(C2N=C(NC#N)Nc3nc(N)c(C#N)c(N)c32)cc1. The van der Waals surface area contributed by atoms with Crippen LogP contribution in [0, 0.1) is 22.8 Å². The smallest absolute Gasteiger partial charge is 0.211 e. The van der Waals surface area contributed by atoms with Crippen LogP contribution in [0.5, 0.6) is 0 Å². The molecule has 0 radical (unpaired) electrons. The number of hydrogen-bond donors (Lipinski definition) is 4. The largest absolute Gasteiger partial charge is 0.397 e. The maximum atomic E-state index is 9.39. The second-order valence-corrected chi connectivity index (χ2v) is 6.60. The zero-order valence-electron chi connectivity index (χ0n) is 16.4. The summed E-state index contributed by atoms with van der Waals surface area (Å²) in [6, 6.07) is 9.54. The van der Waals surface area contributed by atoms with Crippen LogP contribution in [0.15, 0.2) is 29.3 Å². The number of anilines is 3. The van der Waals surface area contributed by atoms with E-state index in [1.54, 1.807) is 0 Å². The molecule has 0 amide bonds. The van der Waals surface area contributed by atoms with E-state index in [2.05, 4.69) is 51.5 Å². The molecule has 6 N–H and O–H groups in total. The molecule has 1 aromatic carbocycles. The summed E-state index contributed by atoms with van der Waals surface area (Å²) in [4.78, 5) is 11.1. The highest BCUT2D eigenvalue weighted by atomic mass is 15.2. The number of guanidine groups is 1. The molecular weight excluding hydrogens is 366 g/mol. The van der Waals surface area contributed by atoms with Crippen molar-refractivity contribution in [3.63, 3.8) is 0 Å². The van der Waals surface area contributed by atoms with Crippen molar-refractivity contribution in [3.05, 3.63) is 46.5 Å². The molecule has 0 saturated carbocycles. The Morgan fingerprint density at radius 1 is 1.17 bits per heavy atom. The number of pyridine rings is 1. The van der Waals surface area contributed by atoms with Crippen LogP contribution < -0.4 is 22.1 Å². The number of nitriles is 2. The van der Waals surface area contributed by atoms with Gasteiger partial charge < -0.3 is 16.8 Å². The number of nitrogens with zero attached hydrogens (tertiary/aromatic N) is 5. The van der Waals surface area contributed by atoms with E-state index in [9.17, 15) is 5.26 Å². The first-order chi connectivity index (χ1) is 14.0. The van der Waals surface area contributed by atoms with Crippen molar-refractivity contribution in [1.29, 1.82) is 10.5 Å². The fourth-order valence-corrected chi connectivity index (χ4v) is 3.33. The number of benzene rings is 1. The van der Waals surface area contributed by atoms with Gasteiger partial charge in [0.2, 0.25) is 5.96 Å². The molecule has 0 bridgehead atoms. The molecule has 0 spiro atoms. The molecule has 1 unspecified atom stereocenters. The molecule has 2 heterocycles. The molecule has 148 valence electrons. The minimum Gasteiger partial charge on any atom is -0.397 e. The van der Waals surface area contributed by atoms with E-state index in [0.717, 1.165) is 25.2 Å². The number of aliphatic imine (C=N–C) groups is 1. The number of nitrogens with one attached hydrogen (secondary N) is 2. The van der Waals surface area contributed by atoms with Crippen molar-refractivity contribution in [2.24, 2.45) is 4.99 Å². The molecule has 1 aliphatic rings. The zero-order valence-corrected chi connectivity index (χ0v) is 16.4. The highest BCUT2D eigenvalue weighted by Crippen LogP contribution is 2.40. The molecule has 9 heteroatoms. The summed E-state index contributed by atoms with van der Waals surface area (Å²) in [5, 5.41) is 23.8. The summed E-state index contributed by atoms with van der Waals surface area (Å²) < 4.78 is 0. The summed E-state index contributed by atoms with van der Waals surface area (Å²) in [5.41, 5.74) is 15.1. The Balaban J connectivity index is 2.04. The zero-order chi connectivity index (χ0) is 21.0. The van der Waals surface area contributed by atoms with Crippen LogP contribution in [0.2, 0.25) is 0 Å². The fraction of sp³-hybridized carbons (Fsp3) is 0.300. The lowest BCUT2D eigenvalue weighted by Gasteiger charge is -2.26. The van der Waals surface area contributed by atoms with Crippen molar-refractivity contribution in [3.8, 4) is 12.3 Å². The molecule has 1 aromatic heterocycles. The summed E-state index contributed by atoms with van der Waals surface area (Å²) >= 11 is 0. The van der Waals surface area contributed by atoms with E-state index >= 15 is 0 Å². The second kappa shape index (κ2) is 8.46. The number of fused-ring (bicyclic) bond motifs is 1. The van der Waals surface area contributed by atoms with Crippen LogP contribution in [0.4, 0.5) is 17.3 Å². The van der Waals surface area contributed by atoms with Crippen molar-refractivity contribution in [2.45, 2.75) is 26.4 Å². The Hall–Kier alpha value is -3.82. The molecule has 2 aromatic rings. The van der Waals surface area contributed by atoms with Crippen LogP contribution in [-0.2, 0) is 6.54 Å². The Morgan fingerprint density at radius 3 is 2.45 bits per heavy atom. The van der Waals surface area contributed by atoms with Crippen LogP contribution in [0.1, 0.15) is 42.1 Å². The number of aromatic nitrogens is 1. The molecule has 0 aliphatic carbocycles. The molecule has 9 nitrogen and oxygen atoms in total. The van der Waals surface area contributed by atoms with Gasteiger partial charge in [0.25, 0.3) is 0 Å². The van der Waals surface area contributed by atoms with Crippen molar-refractivity contribution >= 4 is 23.3 Å². The second-order valence-electron chi connectivity index (χ2n) is 6.60. The predicted octanol–water partition coefficient (Wildman–Crippen LogP) is 1.90. The van der Waals surface area contributed by atoms with Gasteiger partial charge in [-0.15, -0.1) is 0 Å². The maximum Gasteiger partial charge on any atom is 0.211 e.